The number of nitro groups is 1. The molecule has 1 aromatic rings. The Bertz CT molecular complexity index is 316. The van der Waals surface area contributed by atoms with Gasteiger partial charge in [-0.25, -0.2) is 0 Å². The Balaban J connectivity index is 2.66. The van der Waals surface area contributed by atoms with Crippen molar-refractivity contribution in [1.29, 1.82) is 0 Å². The van der Waals surface area contributed by atoms with Crippen LogP contribution in [-0.2, 0) is 0 Å². The van der Waals surface area contributed by atoms with Crippen LogP contribution in [0.4, 0.5) is 0 Å². The summed E-state index contributed by atoms with van der Waals surface area (Å²) in [6.45, 7) is 3.73. The number of hydrogen-bond donors (Lipinski definition) is 0. The Morgan fingerprint density at radius 3 is 2.47 bits per heavy atom. The molecule has 0 aromatic heterocycles. The van der Waals surface area contributed by atoms with Crippen molar-refractivity contribution in [3.8, 4) is 0 Å². The van der Waals surface area contributed by atoms with E-state index < -0.39 is 6.04 Å². The molecule has 0 fully saturated rings. The third-order valence-corrected chi connectivity index (χ3v) is 5.61. The first kappa shape index (κ1) is 12.2. The molecule has 0 heterocycles. The first-order valence-corrected chi connectivity index (χ1v) is 6.85. The van der Waals surface area contributed by atoms with Gasteiger partial charge in [0.05, 0.1) is 0 Å². The van der Waals surface area contributed by atoms with Crippen molar-refractivity contribution < 1.29 is 4.92 Å². The van der Waals surface area contributed by atoms with Crippen molar-refractivity contribution in [3.05, 3.63) is 40.4 Å². The molecule has 0 bridgehead atoms. The van der Waals surface area contributed by atoms with Gasteiger partial charge in [-0.15, -0.1) is 0 Å². The van der Waals surface area contributed by atoms with Crippen molar-refractivity contribution in [2.45, 2.75) is 31.1 Å². The molecular weight excluding hydrogens is 257 g/mol. The monoisotopic (exact) mass is 273 g/mol. The second-order valence-electron chi connectivity index (χ2n) is 3.40. The molecular formula is C11H15NO2Se. The van der Waals surface area contributed by atoms with Crippen LogP contribution in [0, 0.1) is 10.1 Å². The standard InChI is InChI=1S/C11H15NO2Se/c1-3-11(9(2)12(13)14)15-10-7-5-4-6-8-10/h4-9,11H,3H2,1-2H3. The van der Waals surface area contributed by atoms with Gasteiger partial charge in [-0.05, 0) is 0 Å². The maximum absolute atomic E-state index is 10.7. The van der Waals surface area contributed by atoms with E-state index in [1.165, 1.54) is 4.46 Å². The van der Waals surface area contributed by atoms with Gasteiger partial charge in [0.15, 0.2) is 0 Å². The predicted octanol–water partition coefficient (Wildman–Crippen LogP) is 1.88. The van der Waals surface area contributed by atoms with Crippen LogP contribution in [0.5, 0.6) is 0 Å². The molecule has 0 aliphatic heterocycles. The minimum absolute atomic E-state index is 0.168. The van der Waals surface area contributed by atoms with Crippen LogP contribution in [0.1, 0.15) is 20.3 Å². The summed E-state index contributed by atoms with van der Waals surface area (Å²) in [5, 5.41) is 10.7. The number of hydrogen-bond acceptors (Lipinski definition) is 2. The Morgan fingerprint density at radius 2 is 2.00 bits per heavy atom. The fourth-order valence-corrected chi connectivity index (χ4v) is 3.70. The van der Waals surface area contributed by atoms with Crippen LogP contribution in [0.25, 0.3) is 0 Å². The Kier molecular flexibility index (Phi) is 4.79. The number of rotatable bonds is 5. The van der Waals surface area contributed by atoms with Gasteiger partial charge in [0, 0.05) is 0 Å². The fourth-order valence-electron chi connectivity index (χ4n) is 1.33. The average Bonchev–Trinajstić information content (AvgIpc) is 2.26. The number of benzene rings is 1. The molecule has 82 valence electrons. The molecule has 0 radical (unpaired) electrons. The van der Waals surface area contributed by atoms with Gasteiger partial charge in [-0.2, -0.15) is 0 Å². The van der Waals surface area contributed by atoms with E-state index in [1.54, 1.807) is 6.92 Å². The first-order chi connectivity index (χ1) is 7.15. The molecule has 1 rings (SSSR count). The number of nitrogens with zero attached hydrogens (tertiary/aromatic N) is 1. The van der Waals surface area contributed by atoms with Crippen LogP contribution < -0.4 is 4.46 Å². The topological polar surface area (TPSA) is 43.1 Å². The van der Waals surface area contributed by atoms with Gasteiger partial charge in [0.2, 0.25) is 0 Å². The van der Waals surface area contributed by atoms with Crippen LogP contribution >= 0.6 is 0 Å². The predicted molar refractivity (Wildman–Crippen MR) is 62.3 cm³/mol. The third kappa shape index (κ3) is 3.65. The van der Waals surface area contributed by atoms with Gasteiger partial charge in [-0.3, -0.25) is 0 Å². The summed E-state index contributed by atoms with van der Waals surface area (Å²) < 4.78 is 1.24. The Morgan fingerprint density at radius 1 is 1.40 bits per heavy atom. The van der Waals surface area contributed by atoms with Crippen molar-refractivity contribution in [2.75, 3.05) is 0 Å². The Hall–Kier alpha value is -0.861. The van der Waals surface area contributed by atoms with E-state index in [2.05, 4.69) is 12.1 Å². The van der Waals surface area contributed by atoms with Gasteiger partial charge in [0.25, 0.3) is 0 Å². The summed E-state index contributed by atoms with van der Waals surface area (Å²) in [7, 11) is 0. The molecule has 4 heteroatoms. The van der Waals surface area contributed by atoms with E-state index >= 15 is 0 Å². The molecule has 0 aliphatic rings. The summed E-state index contributed by atoms with van der Waals surface area (Å²) in [4.78, 5) is 10.7. The van der Waals surface area contributed by atoms with E-state index in [0.717, 1.165) is 6.42 Å². The van der Waals surface area contributed by atoms with Crippen molar-refractivity contribution in [1.82, 2.24) is 0 Å². The molecule has 1 aromatic carbocycles. The van der Waals surface area contributed by atoms with Crippen molar-refractivity contribution in [2.24, 2.45) is 0 Å². The van der Waals surface area contributed by atoms with Gasteiger partial charge >= 0.3 is 95.9 Å². The molecule has 0 aliphatic carbocycles. The molecule has 0 spiro atoms. The average molecular weight is 272 g/mol. The zero-order chi connectivity index (χ0) is 11.3. The molecule has 2 unspecified atom stereocenters. The van der Waals surface area contributed by atoms with Crippen LogP contribution in [0.15, 0.2) is 30.3 Å². The van der Waals surface area contributed by atoms with Crippen LogP contribution in [-0.4, -0.2) is 25.9 Å². The second kappa shape index (κ2) is 5.88. The first-order valence-electron chi connectivity index (χ1n) is 5.00. The minimum atomic E-state index is -0.435. The normalized spacial score (nSPS) is 14.5. The van der Waals surface area contributed by atoms with E-state index in [0.29, 0.717) is 0 Å². The summed E-state index contributed by atoms with van der Waals surface area (Å²) in [5.74, 6) is 0. The van der Waals surface area contributed by atoms with E-state index in [-0.39, 0.29) is 24.7 Å². The summed E-state index contributed by atoms with van der Waals surface area (Å²) in [6.07, 6.45) is 0.872. The summed E-state index contributed by atoms with van der Waals surface area (Å²) in [5.41, 5.74) is 0. The molecule has 0 saturated heterocycles. The second-order valence-corrected chi connectivity index (χ2v) is 6.16. The van der Waals surface area contributed by atoms with Crippen LogP contribution in [0.3, 0.4) is 0 Å². The Labute approximate surface area is 96.2 Å². The van der Waals surface area contributed by atoms with Crippen LogP contribution in [0.2, 0.25) is 4.82 Å². The van der Waals surface area contributed by atoms with Gasteiger partial charge in [-0.1, -0.05) is 0 Å². The van der Waals surface area contributed by atoms with Gasteiger partial charge in [0.1, 0.15) is 0 Å². The van der Waals surface area contributed by atoms with Gasteiger partial charge < -0.3 is 0 Å². The zero-order valence-corrected chi connectivity index (χ0v) is 10.6. The molecule has 2 atom stereocenters. The third-order valence-electron chi connectivity index (χ3n) is 2.30. The fraction of sp³-hybridized carbons (Fsp3) is 0.455. The quantitative estimate of drug-likeness (QED) is 0.466. The van der Waals surface area contributed by atoms with Crippen molar-refractivity contribution >= 4 is 19.4 Å². The zero-order valence-electron chi connectivity index (χ0n) is 8.92. The maximum atomic E-state index is 10.7. The summed E-state index contributed by atoms with van der Waals surface area (Å²) >= 11 is 0.197. The molecule has 0 amide bonds. The molecule has 0 saturated carbocycles. The van der Waals surface area contributed by atoms with E-state index in [9.17, 15) is 10.1 Å². The summed E-state index contributed by atoms with van der Waals surface area (Å²) in [6, 6.07) is 9.61. The SMILES string of the molecule is CCC([Se]c1ccccc1)C(C)[N+](=O)[O-]. The van der Waals surface area contributed by atoms with E-state index in [4.69, 9.17) is 0 Å². The molecule has 3 nitrogen and oxygen atoms in total. The molecule has 15 heavy (non-hydrogen) atoms. The molecule has 0 N–H and O–H groups in total. The van der Waals surface area contributed by atoms with Crippen molar-refractivity contribution in [3.63, 3.8) is 0 Å². The van der Waals surface area contributed by atoms with E-state index in [1.807, 2.05) is 25.1 Å².